The molecule has 0 saturated carbocycles. The largest absolute Gasteiger partial charge is 0.385 e. The monoisotopic (exact) mass is 237 g/mol. The van der Waals surface area contributed by atoms with Crippen molar-refractivity contribution in [3.63, 3.8) is 0 Å². The van der Waals surface area contributed by atoms with Gasteiger partial charge < -0.3 is 15.0 Å². The van der Waals surface area contributed by atoms with E-state index in [4.69, 9.17) is 15.0 Å². The van der Waals surface area contributed by atoms with Crippen LogP contribution in [0.3, 0.4) is 0 Å². The molecule has 0 saturated heterocycles. The zero-order valence-corrected chi connectivity index (χ0v) is 9.83. The maximum absolute atomic E-state index is 5.88. The van der Waals surface area contributed by atoms with E-state index in [9.17, 15) is 0 Å². The van der Waals surface area contributed by atoms with Gasteiger partial charge in [0.2, 0.25) is 11.7 Å². The lowest BCUT2D eigenvalue weighted by molar-refractivity contribution is 0.182. The summed E-state index contributed by atoms with van der Waals surface area (Å²) in [7, 11) is 3.45. The number of methoxy groups -OCH3 is 1. The quantitative estimate of drug-likeness (QED) is 0.814. The molecule has 0 amide bonds. The molecule has 2 aromatic heterocycles. The van der Waals surface area contributed by atoms with Gasteiger partial charge in [-0.1, -0.05) is 5.16 Å². The number of hydrogen-bond donors (Lipinski definition) is 1. The van der Waals surface area contributed by atoms with Gasteiger partial charge in [-0.2, -0.15) is 10.1 Å². The molecule has 0 radical (unpaired) electrons. The maximum atomic E-state index is 5.88. The summed E-state index contributed by atoms with van der Waals surface area (Å²) in [5, 5.41) is 8.03. The van der Waals surface area contributed by atoms with E-state index in [0.717, 1.165) is 0 Å². The Bertz CT molecular complexity index is 479. The summed E-state index contributed by atoms with van der Waals surface area (Å²) in [6, 6.07) is 1.51. The molecule has 0 aliphatic heterocycles. The van der Waals surface area contributed by atoms with Crippen molar-refractivity contribution in [2.45, 2.75) is 12.5 Å². The number of rotatable bonds is 5. The van der Waals surface area contributed by atoms with Crippen LogP contribution >= 0.6 is 0 Å². The molecule has 2 aromatic rings. The molecule has 1 unspecified atom stereocenters. The molecule has 2 N–H and O–H groups in total. The van der Waals surface area contributed by atoms with Crippen molar-refractivity contribution in [1.82, 2.24) is 19.9 Å². The summed E-state index contributed by atoms with van der Waals surface area (Å²) in [6.45, 7) is 0.558. The Morgan fingerprint density at radius 3 is 3.06 bits per heavy atom. The van der Waals surface area contributed by atoms with Gasteiger partial charge in [0.1, 0.15) is 5.69 Å². The molecule has 0 aromatic carbocycles. The summed E-state index contributed by atoms with van der Waals surface area (Å²) in [5.41, 5.74) is 6.54. The Kier molecular flexibility index (Phi) is 3.50. The highest BCUT2D eigenvalue weighted by Gasteiger charge is 2.16. The fourth-order valence-corrected chi connectivity index (χ4v) is 1.39. The Morgan fingerprint density at radius 2 is 2.41 bits per heavy atom. The molecule has 0 bridgehead atoms. The van der Waals surface area contributed by atoms with Gasteiger partial charge in [0.15, 0.2) is 0 Å². The second-order valence-corrected chi connectivity index (χ2v) is 3.72. The highest BCUT2D eigenvalue weighted by molar-refractivity contribution is 5.46. The number of nitrogens with two attached hydrogens (primary N) is 1. The lowest BCUT2D eigenvalue weighted by Gasteiger charge is -2.03. The molecule has 0 fully saturated rings. The van der Waals surface area contributed by atoms with Gasteiger partial charge >= 0.3 is 0 Å². The van der Waals surface area contributed by atoms with Crippen LogP contribution in [0, 0.1) is 0 Å². The van der Waals surface area contributed by atoms with Gasteiger partial charge in [0.25, 0.3) is 0 Å². The number of ether oxygens (including phenoxy) is 1. The van der Waals surface area contributed by atoms with E-state index in [1.54, 1.807) is 11.8 Å². The van der Waals surface area contributed by atoms with E-state index < -0.39 is 0 Å². The van der Waals surface area contributed by atoms with E-state index in [-0.39, 0.29) is 6.04 Å². The molecule has 7 nitrogen and oxygen atoms in total. The first-order valence-corrected chi connectivity index (χ1v) is 5.29. The summed E-state index contributed by atoms with van der Waals surface area (Å²) in [4.78, 5) is 4.21. The Hall–Kier alpha value is -1.73. The minimum atomic E-state index is -0.306. The first-order chi connectivity index (χ1) is 8.20. The van der Waals surface area contributed by atoms with Crippen LogP contribution in [0.2, 0.25) is 0 Å². The second kappa shape index (κ2) is 5.07. The summed E-state index contributed by atoms with van der Waals surface area (Å²) in [6.07, 6.45) is 2.45. The SMILES string of the molecule is COCCC(N)c1nc(-c2ccn(C)n2)no1. The smallest absolute Gasteiger partial charge is 0.244 e. The van der Waals surface area contributed by atoms with E-state index in [1.165, 1.54) is 0 Å². The minimum Gasteiger partial charge on any atom is -0.385 e. The van der Waals surface area contributed by atoms with E-state index in [0.29, 0.717) is 30.4 Å². The van der Waals surface area contributed by atoms with Crippen molar-refractivity contribution < 1.29 is 9.26 Å². The molecule has 2 heterocycles. The number of hydrogen-bond acceptors (Lipinski definition) is 6. The van der Waals surface area contributed by atoms with Crippen LogP contribution in [0.25, 0.3) is 11.5 Å². The van der Waals surface area contributed by atoms with Crippen LogP contribution < -0.4 is 5.73 Å². The molecule has 0 aliphatic carbocycles. The molecule has 17 heavy (non-hydrogen) atoms. The predicted octanol–water partition coefficient (Wildman–Crippen LogP) is 0.506. The van der Waals surface area contributed by atoms with Gasteiger partial charge in [-0.25, -0.2) is 0 Å². The number of aryl methyl sites for hydroxylation is 1. The molecule has 2 rings (SSSR count). The Morgan fingerprint density at radius 1 is 1.59 bits per heavy atom. The van der Waals surface area contributed by atoms with Crippen molar-refractivity contribution in [2.24, 2.45) is 12.8 Å². The van der Waals surface area contributed by atoms with Crippen LogP contribution in [-0.4, -0.2) is 33.6 Å². The third kappa shape index (κ3) is 2.69. The number of aromatic nitrogens is 4. The van der Waals surface area contributed by atoms with E-state index in [2.05, 4.69) is 15.2 Å². The zero-order valence-electron chi connectivity index (χ0n) is 9.83. The molecule has 0 spiro atoms. The first-order valence-electron chi connectivity index (χ1n) is 5.29. The van der Waals surface area contributed by atoms with Crippen molar-refractivity contribution in [1.29, 1.82) is 0 Å². The molecular weight excluding hydrogens is 222 g/mol. The molecule has 7 heteroatoms. The molecule has 1 atom stereocenters. The summed E-state index contributed by atoms with van der Waals surface area (Å²) in [5.74, 6) is 0.858. The van der Waals surface area contributed by atoms with Crippen molar-refractivity contribution in [3.8, 4) is 11.5 Å². The third-order valence-corrected chi connectivity index (χ3v) is 2.33. The minimum absolute atomic E-state index is 0.306. The fraction of sp³-hybridized carbons (Fsp3) is 0.500. The van der Waals surface area contributed by atoms with Gasteiger partial charge in [0.05, 0.1) is 6.04 Å². The summed E-state index contributed by atoms with van der Waals surface area (Å²) >= 11 is 0. The average Bonchev–Trinajstić information content (AvgIpc) is 2.93. The van der Waals surface area contributed by atoms with Crippen LogP contribution in [0.4, 0.5) is 0 Å². The first kappa shape index (κ1) is 11.7. The highest BCUT2D eigenvalue weighted by Crippen LogP contribution is 2.17. The van der Waals surface area contributed by atoms with E-state index in [1.807, 2.05) is 19.3 Å². The standard InChI is InChI=1S/C10H15N5O2/c1-15-5-3-8(13-15)9-12-10(17-14-9)7(11)4-6-16-2/h3,5,7H,4,6,11H2,1-2H3. The van der Waals surface area contributed by atoms with Gasteiger partial charge in [-0.3, -0.25) is 4.68 Å². The fourth-order valence-electron chi connectivity index (χ4n) is 1.39. The molecular formula is C10H15N5O2. The van der Waals surface area contributed by atoms with Crippen LogP contribution in [0.1, 0.15) is 18.4 Å². The van der Waals surface area contributed by atoms with E-state index >= 15 is 0 Å². The topological polar surface area (TPSA) is 92.0 Å². The van der Waals surface area contributed by atoms with Gasteiger partial charge in [-0.05, 0) is 12.5 Å². The zero-order chi connectivity index (χ0) is 12.3. The van der Waals surface area contributed by atoms with Crippen LogP contribution in [0.15, 0.2) is 16.8 Å². The van der Waals surface area contributed by atoms with Gasteiger partial charge in [-0.15, -0.1) is 0 Å². The predicted molar refractivity (Wildman–Crippen MR) is 59.9 cm³/mol. The Balaban J connectivity index is 2.10. The Labute approximate surface area is 98.6 Å². The van der Waals surface area contributed by atoms with Crippen LogP contribution in [-0.2, 0) is 11.8 Å². The van der Waals surface area contributed by atoms with Crippen LogP contribution in [0.5, 0.6) is 0 Å². The van der Waals surface area contributed by atoms with Gasteiger partial charge in [0, 0.05) is 27.0 Å². The van der Waals surface area contributed by atoms with Crippen molar-refractivity contribution in [3.05, 3.63) is 18.2 Å². The van der Waals surface area contributed by atoms with Crippen molar-refractivity contribution in [2.75, 3.05) is 13.7 Å². The normalized spacial score (nSPS) is 12.9. The molecule has 92 valence electrons. The lowest BCUT2D eigenvalue weighted by atomic mass is 10.2. The summed E-state index contributed by atoms with van der Waals surface area (Å²) < 4.78 is 11.7. The highest BCUT2D eigenvalue weighted by atomic mass is 16.5. The second-order valence-electron chi connectivity index (χ2n) is 3.72. The lowest BCUT2D eigenvalue weighted by Crippen LogP contribution is -2.13. The maximum Gasteiger partial charge on any atom is 0.244 e. The third-order valence-electron chi connectivity index (χ3n) is 2.33. The number of nitrogens with zero attached hydrogens (tertiary/aromatic N) is 4. The molecule has 0 aliphatic rings. The average molecular weight is 237 g/mol. The van der Waals surface area contributed by atoms with Crippen molar-refractivity contribution >= 4 is 0 Å².